The highest BCUT2D eigenvalue weighted by molar-refractivity contribution is 9.10. The molecule has 5 nitrogen and oxygen atoms in total. The Morgan fingerprint density at radius 1 is 1.26 bits per heavy atom. The molecule has 140 valence electrons. The molecule has 0 spiro atoms. The third kappa shape index (κ3) is 3.73. The number of ether oxygens (including phenoxy) is 2. The molecule has 3 aromatic rings. The van der Waals surface area contributed by atoms with Gasteiger partial charge in [-0.15, -0.1) is 0 Å². The topological polar surface area (TPSA) is 68.4 Å². The summed E-state index contributed by atoms with van der Waals surface area (Å²) < 4.78 is 25.0. The molecule has 3 rings (SSSR count). The number of rotatable bonds is 5. The maximum Gasteiger partial charge on any atom is 0.343 e. The monoisotopic (exact) mass is 433 g/mol. The van der Waals surface area contributed by atoms with Gasteiger partial charge in [0.1, 0.15) is 17.1 Å². The Hall–Kier alpha value is -2.67. The number of halogens is 2. The van der Waals surface area contributed by atoms with Gasteiger partial charge in [-0.05, 0) is 46.6 Å². The van der Waals surface area contributed by atoms with Crippen LogP contribution in [-0.4, -0.2) is 24.7 Å². The van der Waals surface area contributed by atoms with E-state index in [0.29, 0.717) is 16.8 Å². The Balaban J connectivity index is 2.14. The van der Waals surface area contributed by atoms with Crippen LogP contribution < -0.4 is 10.2 Å². The summed E-state index contributed by atoms with van der Waals surface area (Å²) in [5.41, 5.74) is 0.920. The second-order valence-electron chi connectivity index (χ2n) is 5.85. The predicted molar refractivity (Wildman–Crippen MR) is 104 cm³/mol. The first-order valence-electron chi connectivity index (χ1n) is 8.28. The van der Waals surface area contributed by atoms with Crippen molar-refractivity contribution in [1.82, 2.24) is 4.98 Å². The third-order valence-corrected chi connectivity index (χ3v) is 4.78. The van der Waals surface area contributed by atoms with Gasteiger partial charge in [-0.2, -0.15) is 0 Å². The highest BCUT2D eigenvalue weighted by Crippen LogP contribution is 2.28. The molecule has 7 heteroatoms. The average molecular weight is 434 g/mol. The van der Waals surface area contributed by atoms with E-state index in [1.165, 1.54) is 12.3 Å². The molecular formula is C20H17BrFNO4. The molecule has 0 atom stereocenters. The van der Waals surface area contributed by atoms with Crippen LogP contribution in [0.25, 0.3) is 10.9 Å². The lowest BCUT2D eigenvalue weighted by Gasteiger charge is -2.11. The number of carbonyl (C=O) groups is 1. The van der Waals surface area contributed by atoms with Crippen LogP contribution in [0.2, 0.25) is 0 Å². The van der Waals surface area contributed by atoms with Crippen molar-refractivity contribution in [2.75, 3.05) is 13.7 Å². The number of benzene rings is 2. The number of nitrogens with one attached hydrogen (secondary N) is 1. The molecule has 0 aliphatic rings. The van der Waals surface area contributed by atoms with E-state index in [1.54, 1.807) is 26.2 Å². The van der Waals surface area contributed by atoms with Crippen molar-refractivity contribution in [3.05, 3.63) is 73.7 Å². The standard InChI is InChI=1S/C20H17BrFNO4/c1-3-27-20(25)15-10-23-18-13(8-11-4-6-12(26-2)7-5-11)17(22)16(21)9-14(18)19(15)24/h4-7,9-10H,3,8H2,1-2H3,(H,23,24). The molecule has 0 amide bonds. The van der Waals surface area contributed by atoms with Gasteiger partial charge in [-0.3, -0.25) is 4.79 Å². The molecule has 0 saturated heterocycles. The molecular weight excluding hydrogens is 417 g/mol. The van der Waals surface area contributed by atoms with Crippen LogP contribution in [0, 0.1) is 5.82 Å². The highest BCUT2D eigenvalue weighted by atomic mass is 79.9. The van der Waals surface area contributed by atoms with Gasteiger partial charge >= 0.3 is 5.97 Å². The maximum absolute atomic E-state index is 14.8. The van der Waals surface area contributed by atoms with Crippen LogP contribution in [0.4, 0.5) is 4.39 Å². The van der Waals surface area contributed by atoms with Crippen LogP contribution in [0.15, 0.2) is 45.8 Å². The summed E-state index contributed by atoms with van der Waals surface area (Å²) in [5, 5.41) is 0.220. The minimum absolute atomic E-state index is 0.113. The van der Waals surface area contributed by atoms with Crippen molar-refractivity contribution in [1.29, 1.82) is 0 Å². The highest BCUT2D eigenvalue weighted by Gasteiger charge is 2.19. The lowest BCUT2D eigenvalue weighted by Crippen LogP contribution is -2.19. The molecule has 0 aliphatic carbocycles. The first-order chi connectivity index (χ1) is 13.0. The number of esters is 1. The molecule has 1 aromatic heterocycles. The van der Waals surface area contributed by atoms with Crippen molar-refractivity contribution >= 4 is 32.8 Å². The fourth-order valence-electron chi connectivity index (χ4n) is 2.85. The number of carbonyl (C=O) groups excluding carboxylic acids is 1. The molecule has 1 heterocycles. The normalized spacial score (nSPS) is 10.8. The van der Waals surface area contributed by atoms with Crippen molar-refractivity contribution in [3.63, 3.8) is 0 Å². The summed E-state index contributed by atoms with van der Waals surface area (Å²) >= 11 is 3.17. The first kappa shape index (κ1) is 19.1. The van der Waals surface area contributed by atoms with Gasteiger partial charge in [0.05, 0.1) is 23.7 Å². The van der Waals surface area contributed by atoms with Gasteiger partial charge in [0.2, 0.25) is 5.43 Å². The summed E-state index contributed by atoms with van der Waals surface area (Å²) in [4.78, 5) is 27.6. The van der Waals surface area contributed by atoms with Crippen LogP contribution in [0.3, 0.4) is 0 Å². The molecule has 0 aliphatic heterocycles. The lowest BCUT2D eigenvalue weighted by atomic mass is 10.00. The van der Waals surface area contributed by atoms with E-state index >= 15 is 0 Å². The Kier molecular flexibility index (Phi) is 5.60. The number of methoxy groups -OCH3 is 1. The van der Waals surface area contributed by atoms with E-state index in [2.05, 4.69) is 20.9 Å². The van der Waals surface area contributed by atoms with Crippen molar-refractivity contribution in [2.45, 2.75) is 13.3 Å². The Labute approximate surface area is 163 Å². The number of H-pyrrole nitrogens is 1. The zero-order valence-corrected chi connectivity index (χ0v) is 16.4. The molecule has 0 fully saturated rings. The van der Waals surface area contributed by atoms with Crippen LogP contribution in [0.1, 0.15) is 28.4 Å². The number of aromatic nitrogens is 1. The summed E-state index contributed by atoms with van der Waals surface area (Å²) in [6, 6.07) is 8.61. The Bertz CT molecular complexity index is 1060. The number of aromatic amines is 1. The maximum atomic E-state index is 14.8. The second-order valence-corrected chi connectivity index (χ2v) is 6.70. The molecule has 2 aromatic carbocycles. The van der Waals surface area contributed by atoms with Gasteiger partial charge in [0.15, 0.2) is 0 Å². The fourth-order valence-corrected chi connectivity index (χ4v) is 3.32. The van der Waals surface area contributed by atoms with Gasteiger partial charge in [0, 0.05) is 23.6 Å². The van der Waals surface area contributed by atoms with E-state index in [9.17, 15) is 14.0 Å². The zero-order valence-electron chi connectivity index (χ0n) is 14.8. The summed E-state index contributed by atoms with van der Waals surface area (Å²) in [7, 11) is 1.57. The summed E-state index contributed by atoms with van der Waals surface area (Å²) in [6.45, 7) is 1.82. The predicted octanol–water partition coefficient (Wildman–Crippen LogP) is 4.21. The Morgan fingerprint density at radius 3 is 2.59 bits per heavy atom. The molecule has 0 bridgehead atoms. The fraction of sp³-hybridized carbons (Fsp3) is 0.200. The number of fused-ring (bicyclic) bond motifs is 1. The smallest absolute Gasteiger partial charge is 0.343 e. The number of pyridine rings is 1. The van der Waals surface area contributed by atoms with E-state index in [1.807, 2.05) is 12.1 Å². The zero-order chi connectivity index (χ0) is 19.6. The van der Waals surface area contributed by atoms with E-state index in [-0.39, 0.29) is 28.5 Å². The minimum Gasteiger partial charge on any atom is -0.497 e. The average Bonchev–Trinajstić information content (AvgIpc) is 2.67. The molecule has 27 heavy (non-hydrogen) atoms. The van der Waals surface area contributed by atoms with Gasteiger partial charge in [0.25, 0.3) is 0 Å². The van der Waals surface area contributed by atoms with Crippen LogP contribution in [-0.2, 0) is 11.2 Å². The lowest BCUT2D eigenvalue weighted by molar-refractivity contribution is 0.0524. The second kappa shape index (κ2) is 7.92. The van der Waals surface area contributed by atoms with Crippen molar-refractivity contribution in [2.24, 2.45) is 0 Å². The minimum atomic E-state index is -0.710. The number of hydrogen-bond donors (Lipinski definition) is 1. The number of hydrogen-bond acceptors (Lipinski definition) is 4. The third-order valence-electron chi connectivity index (χ3n) is 4.20. The van der Waals surface area contributed by atoms with E-state index < -0.39 is 17.2 Å². The van der Waals surface area contributed by atoms with Gasteiger partial charge in [-0.1, -0.05) is 12.1 Å². The summed E-state index contributed by atoms with van der Waals surface area (Å²) in [6.07, 6.45) is 1.54. The van der Waals surface area contributed by atoms with Gasteiger partial charge < -0.3 is 14.5 Å². The summed E-state index contributed by atoms with van der Waals surface area (Å²) in [5.74, 6) is -0.471. The molecule has 0 radical (unpaired) electrons. The molecule has 0 saturated carbocycles. The van der Waals surface area contributed by atoms with Crippen LogP contribution >= 0.6 is 15.9 Å². The largest absolute Gasteiger partial charge is 0.497 e. The van der Waals surface area contributed by atoms with Crippen LogP contribution in [0.5, 0.6) is 5.75 Å². The first-order valence-corrected chi connectivity index (χ1v) is 9.07. The quantitative estimate of drug-likeness (QED) is 0.612. The molecule has 0 unspecified atom stereocenters. The SMILES string of the molecule is CCOC(=O)c1c[nH]c2c(Cc3ccc(OC)cc3)c(F)c(Br)cc2c1=O. The van der Waals surface area contributed by atoms with Crippen molar-refractivity contribution in [3.8, 4) is 5.75 Å². The van der Waals surface area contributed by atoms with Gasteiger partial charge in [-0.25, -0.2) is 9.18 Å². The van der Waals surface area contributed by atoms with E-state index in [4.69, 9.17) is 9.47 Å². The van der Waals surface area contributed by atoms with E-state index in [0.717, 1.165) is 5.56 Å². The Morgan fingerprint density at radius 2 is 1.96 bits per heavy atom. The van der Waals surface area contributed by atoms with Crippen molar-refractivity contribution < 1.29 is 18.7 Å². The molecule has 1 N–H and O–H groups in total.